The van der Waals surface area contributed by atoms with Crippen LogP contribution in [0.15, 0.2) is 0 Å². The standard InChI is InChI=1S/C3H6O3.Ca/c1-2(4)3(5)6;/h2,4H,1H3,(H,5,6);/q;+2/p-1. The summed E-state index contributed by atoms with van der Waals surface area (Å²) in [6.45, 7) is 1.13. The molecule has 7 heavy (non-hydrogen) atoms. The van der Waals surface area contributed by atoms with Crippen molar-refractivity contribution in [1.82, 2.24) is 0 Å². The minimum atomic E-state index is -1.44. The molecule has 0 aliphatic carbocycles. The van der Waals surface area contributed by atoms with Crippen LogP contribution in [0.2, 0.25) is 0 Å². The van der Waals surface area contributed by atoms with E-state index in [2.05, 4.69) is 0 Å². The van der Waals surface area contributed by atoms with Crippen molar-refractivity contribution in [2.75, 3.05) is 0 Å². The second-order valence-corrected chi connectivity index (χ2v) is 0.995. The van der Waals surface area contributed by atoms with E-state index in [-0.39, 0.29) is 37.7 Å². The zero-order chi connectivity index (χ0) is 5.15. The van der Waals surface area contributed by atoms with Crippen molar-refractivity contribution < 1.29 is 15.0 Å². The van der Waals surface area contributed by atoms with E-state index >= 15 is 0 Å². The molecular weight excluding hydrogens is 124 g/mol. The van der Waals surface area contributed by atoms with Crippen molar-refractivity contribution in [1.29, 1.82) is 0 Å². The SMILES string of the molecule is CC(O)C(=O)[O-].[Ca+2]. The third-order valence-corrected chi connectivity index (χ3v) is 0.341. The van der Waals surface area contributed by atoms with E-state index in [4.69, 9.17) is 5.11 Å². The fraction of sp³-hybridized carbons (Fsp3) is 0.667. The summed E-state index contributed by atoms with van der Waals surface area (Å²) in [5.74, 6) is -1.44. The Kier molecular flexibility index (Phi) is 7.35. The molecule has 0 aliphatic rings. The number of hydrogen-bond acceptors (Lipinski definition) is 3. The van der Waals surface area contributed by atoms with Gasteiger partial charge in [-0.2, -0.15) is 0 Å². The molecule has 0 saturated heterocycles. The van der Waals surface area contributed by atoms with Crippen LogP contribution in [0.25, 0.3) is 0 Å². The summed E-state index contributed by atoms with van der Waals surface area (Å²) in [4.78, 5) is 9.34. The molecule has 1 unspecified atom stereocenters. The van der Waals surface area contributed by atoms with Crippen LogP contribution in [0.3, 0.4) is 0 Å². The van der Waals surface area contributed by atoms with Gasteiger partial charge in [0.2, 0.25) is 0 Å². The third kappa shape index (κ3) is 6.69. The summed E-state index contributed by atoms with van der Waals surface area (Å²) in [5.41, 5.74) is 0. The predicted octanol–water partition coefficient (Wildman–Crippen LogP) is -2.26. The minimum absolute atomic E-state index is 0. The molecule has 36 valence electrons. The average molecular weight is 129 g/mol. The van der Waals surface area contributed by atoms with Gasteiger partial charge in [0.1, 0.15) is 0 Å². The first-order valence-corrected chi connectivity index (χ1v) is 1.53. The van der Waals surface area contributed by atoms with Crippen LogP contribution < -0.4 is 5.11 Å². The van der Waals surface area contributed by atoms with Gasteiger partial charge in [-0.15, -0.1) is 0 Å². The summed E-state index contributed by atoms with van der Waals surface area (Å²) < 4.78 is 0. The molecule has 1 N–H and O–H groups in total. The third-order valence-electron chi connectivity index (χ3n) is 0.341. The molecule has 0 aromatic heterocycles. The van der Waals surface area contributed by atoms with Crippen molar-refractivity contribution in [3.63, 3.8) is 0 Å². The van der Waals surface area contributed by atoms with E-state index in [1.807, 2.05) is 0 Å². The van der Waals surface area contributed by atoms with Gasteiger partial charge in [-0.05, 0) is 6.92 Å². The van der Waals surface area contributed by atoms with Crippen molar-refractivity contribution in [3.05, 3.63) is 0 Å². The number of aliphatic hydroxyl groups excluding tert-OH is 1. The second kappa shape index (κ2) is 4.84. The molecular formula is C3H5CaO3+. The van der Waals surface area contributed by atoms with Gasteiger partial charge in [0, 0.05) is 0 Å². The monoisotopic (exact) mass is 129 g/mol. The second-order valence-electron chi connectivity index (χ2n) is 0.995. The van der Waals surface area contributed by atoms with Crippen LogP contribution in [0.5, 0.6) is 0 Å². The van der Waals surface area contributed by atoms with Crippen LogP contribution in [-0.2, 0) is 4.79 Å². The Morgan fingerprint density at radius 3 is 2.00 bits per heavy atom. The molecule has 3 nitrogen and oxygen atoms in total. The van der Waals surface area contributed by atoms with Crippen LogP contribution in [0, 0.1) is 0 Å². The van der Waals surface area contributed by atoms with Gasteiger partial charge in [-0.25, -0.2) is 0 Å². The topological polar surface area (TPSA) is 60.4 Å². The molecule has 0 saturated carbocycles. The van der Waals surface area contributed by atoms with Crippen LogP contribution in [-0.4, -0.2) is 54.9 Å². The summed E-state index contributed by atoms with van der Waals surface area (Å²) in [7, 11) is 0. The Labute approximate surface area is 71.3 Å². The number of hydrogen-bond donors (Lipinski definition) is 1. The number of carboxylic acids is 1. The summed E-state index contributed by atoms with van der Waals surface area (Å²) >= 11 is 0. The number of carboxylic acid groups (broad SMARTS) is 1. The molecule has 0 aromatic carbocycles. The smallest absolute Gasteiger partial charge is 0.547 e. The van der Waals surface area contributed by atoms with Gasteiger partial charge in [0.15, 0.2) is 0 Å². The van der Waals surface area contributed by atoms with Gasteiger partial charge < -0.3 is 15.0 Å². The molecule has 0 fully saturated rings. The Balaban J connectivity index is 0. The molecule has 4 heteroatoms. The van der Waals surface area contributed by atoms with Crippen molar-refractivity contribution in [2.24, 2.45) is 0 Å². The fourth-order valence-corrected chi connectivity index (χ4v) is 0. The summed E-state index contributed by atoms with van der Waals surface area (Å²) in [5, 5.41) is 17.3. The number of carbonyl (C=O) groups excluding carboxylic acids is 1. The van der Waals surface area contributed by atoms with E-state index in [1.165, 1.54) is 0 Å². The maximum Gasteiger partial charge on any atom is 2.00 e. The first-order valence-electron chi connectivity index (χ1n) is 1.53. The van der Waals surface area contributed by atoms with Crippen LogP contribution in [0.4, 0.5) is 0 Å². The Bertz CT molecular complexity index is 61.2. The molecule has 0 heterocycles. The maximum atomic E-state index is 9.34. The summed E-state index contributed by atoms with van der Waals surface area (Å²) in [6, 6.07) is 0. The quantitative estimate of drug-likeness (QED) is 0.406. The molecule has 1 atom stereocenters. The number of rotatable bonds is 1. The maximum absolute atomic E-state index is 9.34. The van der Waals surface area contributed by atoms with Crippen LogP contribution >= 0.6 is 0 Å². The Morgan fingerprint density at radius 2 is 2.00 bits per heavy atom. The Morgan fingerprint density at radius 1 is 1.86 bits per heavy atom. The zero-order valence-electron chi connectivity index (χ0n) is 4.05. The van der Waals surface area contributed by atoms with Gasteiger partial charge >= 0.3 is 37.7 Å². The first kappa shape index (κ1) is 10.6. The molecule has 0 aliphatic heterocycles. The predicted molar refractivity (Wildman–Crippen MR) is 22.4 cm³/mol. The van der Waals surface area contributed by atoms with E-state index in [9.17, 15) is 9.90 Å². The number of carbonyl (C=O) groups is 1. The van der Waals surface area contributed by atoms with E-state index < -0.39 is 12.1 Å². The normalized spacial score (nSPS) is 11.7. The van der Waals surface area contributed by atoms with Gasteiger partial charge in [0.25, 0.3) is 0 Å². The minimum Gasteiger partial charge on any atom is -0.547 e. The van der Waals surface area contributed by atoms with Gasteiger partial charge in [0.05, 0.1) is 12.1 Å². The number of aliphatic hydroxyl groups is 1. The van der Waals surface area contributed by atoms with Crippen LogP contribution in [0.1, 0.15) is 6.92 Å². The van der Waals surface area contributed by atoms with Crippen molar-refractivity contribution in [3.8, 4) is 0 Å². The summed E-state index contributed by atoms with van der Waals surface area (Å²) in [6.07, 6.45) is -1.34. The molecule has 0 spiro atoms. The van der Waals surface area contributed by atoms with E-state index in [0.717, 1.165) is 6.92 Å². The molecule has 0 amide bonds. The fourth-order valence-electron chi connectivity index (χ4n) is 0. The molecule has 0 rings (SSSR count). The van der Waals surface area contributed by atoms with Gasteiger partial charge in [-0.3, -0.25) is 0 Å². The van der Waals surface area contributed by atoms with Crippen molar-refractivity contribution >= 4 is 43.7 Å². The van der Waals surface area contributed by atoms with E-state index in [1.54, 1.807) is 0 Å². The largest absolute Gasteiger partial charge is 2.00 e. The number of aliphatic carboxylic acids is 1. The molecule has 0 radical (unpaired) electrons. The molecule has 0 aromatic rings. The molecule has 0 bridgehead atoms. The van der Waals surface area contributed by atoms with E-state index in [0.29, 0.717) is 0 Å². The zero-order valence-corrected chi connectivity index (χ0v) is 6.26. The average Bonchev–Trinajstić information content (AvgIpc) is 1.36. The Hall–Kier alpha value is 0.690. The first-order chi connectivity index (χ1) is 2.64. The van der Waals surface area contributed by atoms with Gasteiger partial charge in [-0.1, -0.05) is 0 Å². The van der Waals surface area contributed by atoms with Crippen molar-refractivity contribution in [2.45, 2.75) is 13.0 Å².